The monoisotopic (exact) mass is 265 g/mol. The third-order valence-corrected chi connectivity index (χ3v) is 2.40. The molecule has 0 aliphatic heterocycles. The van der Waals surface area contributed by atoms with Gasteiger partial charge in [0.25, 0.3) is 0 Å². The summed E-state index contributed by atoms with van der Waals surface area (Å²) in [6.45, 7) is 2.01. The average molecular weight is 266 g/mol. The van der Waals surface area contributed by atoms with Gasteiger partial charge in [0.1, 0.15) is 0 Å². The SMILES string of the molecule is Cc1cc(CO/N=C(\N)c2cccc(Cl)c2)on1. The molecule has 0 amide bonds. The molecule has 5 nitrogen and oxygen atoms in total. The van der Waals surface area contributed by atoms with Crippen molar-refractivity contribution in [3.05, 3.63) is 52.4 Å². The molecule has 1 aromatic heterocycles. The molecule has 0 saturated carbocycles. The van der Waals surface area contributed by atoms with Gasteiger partial charge in [0.2, 0.25) is 0 Å². The molecule has 0 saturated heterocycles. The highest BCUT2D eigenvalue weighted by molar-refractivity contribution is 6.31. The number of halogens is 1. The topological polar surface area (TPSA) is 73.6 Å². The van der Waals surface area contributed by atoms with Crippen LogP contribution in [-0.4, -0.2) is 11.0 Å². The van der Waals surface area contributed by atoms with E-state index < -0.39 is 0 Å². The number of benzene rings is 1. The van der Waals surface area contributed by atoms with Gasteiger partial charge in [-0.1, -0.05) is 34.0 Å². The summed E-state index contributed by atoms with van der Waals surface area (Å²) in [5.41, 5.74) is 7.25. The van der Waals surface area contributed by atoms with Crippen molar-refractivity contribution in [3.63, 3.8) is 0 Å². The summed E-state index contributed by atoms with van der Waals surface area (Å²) >= 11 is 5.85. The lowest BCUT2D eigenvalue weighted by Gasteiger charge is -2.01. The number of amidine groups is 1. The minimum Gasteiger partial charge on any atom is -0.386 e. The van der Waals surface area contributed by atoms with Crippen LogP contribution in [0.5, 0.6) is 0 Å². The van der Waals surface area contributed by atoms with Crippen LogP contribution in [-0.2, 0) is 11.4 Å². The molecule has 0 unspecified atom stereocenters. The summed E-state index contributed by atoms with van der Waals surface area (Å²) in [4.78, 5) is 5.08. The molecule has 2 aromatic rings. The Labute approximate surface area is 109 Å². The van der Waals surface area contributed by atoms with Crippen LogP contribution in [0.25, 0.3) is 0 Å². The zero-order valence-corrected chi connectivity index (χ0v) is 10.5. The third kappa shape index (κ3) is 3.24. The number of rotatable bonds is 4. The lowest BCUT2D eigenvalue weighted by Crippen LogP contribution is -2.13. The average Bonchev–Trinajstić information content (AvgIpc) is 2.75. The van der Waals surface area contributed by atoms with E-state index in [9.17, 15) is 0 Å². The molecule has 2 N–H and O–H groups in total. The van der Waals surface area contributed by atoms with E-state index in [4.69, 9.17) is 26.7 Å². The summed E-state index contributed by atoms with van der Waals surface area (Å²) in [6, 6.07) is 8.83. The maximum atomic E-state index is 5.85. The number of hydrogen-bond donors (Lipinski definition) is 1. The van der Waals surface area contributed by atoms with Crippen molar-refractivity contribution in [2.24, 2.45) is 10.9 Å². The van der Waals surface area contributed by atoms with Crippen LogP contribution in [0.2, 0.25) is 5.02 Å². The molecular weight excluding hydrogens is 254 g/mol. The van der Waals surface area contributed by atoms with Crippen molar-refractivity contribution >= 4 is 17.4 Å². The number of nitrogens with zero attached hydrogens (tertiary/aromatic N) is 2. The van der Waals surface area contributed by atoms with Crippen LogP contribution in [0.15, 0.2) is 40.0 Å². The molecule has 1 heterocycles. The Morgan fingerprint density at radius 2 is 2.33 bits per heavy atom. The maximum absolute atomic E-state index is 5.85. The fourth-order valence-corrected chi connectivity index (χ4v) is 1.54. The largest absolute Gasteiger partial charge is 0.386 e. The number of aryl methyl sites for hydroxylation is 1. The first-order chi connectivity index (χ1) is 8.65. The van der Waals surface area contributed by atoms with E-state index in [-0.39, 0.29) is 12.4 Å². The van der Waals surface area contributed by atoms with E-state index in [0.717, 1.165) is 5.69 Å². The van der Waals surface area contributed by atoms with Crippen molar-refractivity contribution in [1.29, 1.82) is 0 Å². The van der Waals surface area contributed by atoms with Crippen molar-refractivity contribution in [2.45, 2.75) is 13.5 Å². The van der Waals surface area contributed by atoms with Gasteiger partial charge in [-0.25, -0.2) is 0 Å². The molecule has 0 aliphatic carbocycles. The number of nitrogens with two attached hydrogens (primary N) is 1. The van der Waals surface area contributed by atoms with Gasteiger partial charge >= 0.3 is 0 Å². The van der Waals surface area contributed by atoms with Crippen LogP contribution < -0.4 is 5.73 Å². The Hall–Kier alpha value is -2.01. The third-order valence-electron chi connectivity index (χ3n) is 2.17. The second-order valence-electron chi connectivity index (χ2n) is 3.69. The van der Waals surface area contributed by atoms with Gasteiger partial charge in [-0.05, 0) is 19.1 Å². The molecule has 0 fully saturated rings. The molecule has 18 heavy (non-hydrogen) atoms. The molecular formula is C12H12ClN3O2. The molecule has 6 heteroatoms. The van der Waals surface area contributed by atoms with Gasteiger partial charge in [-0.15, -0.1) is 0 Å². The number of oxime groups is 1. The van der Waals surface area contributed by atoms with Gasteiger partial charge in [0.05, 0.1) is 5.69 Å². The van der Waals surface area contributed by atoms with Crippen molar-refractivity contribution in [3.8, 4) is 0 Å². The summed E-state index contributed by atoms with van der Waals surface area (Å²) < 4.78 is 4.96. The lowest BCUT2D eigenvalue weighted by molar-refractivity contribution is 0.109. The Morgan fingerprint density at radius 3 is 3.00 bits per heavy atom. The molecule has 0 spiro atoms. The standard InChI is InChI=1S/C12H12ClN3O2/c1-8-5-11(18-15-8)7-17-16-12(14)9-3-2-4-10(13)6-9/h2-6H,7H2,1H3,(H2,14,16). The van der Waals surface area contributed by atoms with Crippen molar-refractivity contribution < 1.29 is 9.36 Å². The Kier molecular flexibility index (Phi) is 3.84. The Bertz CT molecular complexity index is 566. The molecule has 0 atom stereocenters. The molecule has 0 bridgehead atoms. The van der Waals surface area contributed by atoms with Crippen LogP contribution >= 0.6 is 11.6 Å². The zero-order valence-electron chi connectivity index (χ0n) is 9.76. The van der Waals surface area contributed by atoms with Gasteiger partial charge < -0.3 is 15.1 Å². The maximum Gasteiger partial charge on any atom is 0.177 e. The second kappa shape index (κ2) is 5.55. The molecule has 0 radical (unpaired) electrons. The fraction of sp³-hybridized carbons (Fsp3) is 0.167. The van der Waals surface area contributed by atoms with E-state index in [2.05, 4.69) is 10.3 Å². The smallest absolute Gasteiger partial charge is 0.177 e. The highest BCUT2D eigenvalue weighted by Crippen LogP contribution is 2.10. The quantitative estimate of drug-likeness (QED) is 0.524. The highest BCUT2D eigenvalue weighted by Gasteiger charge is 2.02. The highest BCUT2D eigenvalue weighted by atomic mass is 35.5. The van der Waals surface area contributed by atoms with Gasteiger partial charge in [-0.3, -0.25) is 0 Å². The first-order valence-corrected chi connectivity index (χ1v) is 5.66. The Balaban J connectivity index is 1.97. The zero-order chi connectivity index (χ0) is 13.0. The van der Waals surface area contributed by atoms with E-state index in [1.807, 2.05) is 6.92 Å². The first kappa shape index (κ1) is 12.4. The van der Waals surface area contributed by atoms with Gasteiger partial charge in [-0.2, -0.15) is 0 Å². The van der Waals surface area contributed by atoms with E-state index in [1.165, 1.54) is 0 Å². The van der Waals surface area contributed by atoms with Crippen LogP contribution in [0, 0.1) is 6.92 Å². The minimum absolute atomic E-state index is 0.183. The molecule has 0 aliphatic rings. The number of aromatic nitrogens is 1. The van der Waals surface area contributed by atoms with Gasteiger partial charge in [0, 0.05) is 16.7 Å². The van der Waals surface area contributed by atoms with Gasteiger partial charge in [0.15, 0.2) is 18.2 Å². The second-order valence-corrected chi connectivity index (χ2v) is 4.13. The van der Waals surface area contributed by atoms with Crippen LogP contribution in [0.3, 0.4) is 0 Å². The molecule has 94 valence electrons. The van der Waals surface area contributed by atoms with Crippen molar-refractivity contribution in [2.75, 3.05) is 0 Å². The number of hydrogen-bond acceptors (Lipinski definition) is 4. The summed E-state index contributed by atoms with van der Waals surface area (Å²) in [5.74, 6) is 0.851. The predicted molar refractivity (Wildman–Crippen MR) is 68.2 cm³/mol. The van der Waals surface area contributed by atoms with Crippen LogP contribution in [0.4, 0.5) is 0 Å². The summed E-state index contributed by atoms with van der Waals surface area (Å²) in [6.07, 6.45) is 0. The normalized spacial score (nSPS) is 11.6. The first-order valence-electron chi connectivity index (χ1n) is 5.29. The summed E-state index contributed by atoms with van der Waals surface area (Å²) in [7, 11) is 0. The van der Waals surface area contributed by atoms with Crippen LogP contribution in [0.1, 0.15) is 17.0 Å². The summed E-state index contributed by atoms with van der Waals surface area (Å²) in [5, 5.41) is 8.11. The van der Waals surface area contributed by atoms with Crippen molar-refractivity contribution in [1.82, 2.24) is 5.16 Å². The predicted octanol–water partition coefficient (Wildman–Crippen LogP) is 2.47. The molecule has 1 aromatic carbocycles. The lowest BCUT2D eigenvalue weighted by atomic mass is 10.2. The van der Waals surface area contributed by atoms with E-state index in [0.29, 0.717) is 16.3 Å². The fourth-order valence-electron chi connectivity index (χ4n) is 1.35. The van der Waals surface area contributed by atoms with E-state index >= 15 is 0 Å². The van der Waals surface area contributed by atoms with E-state index in [1.54, 1.807) is 30.3 Å². The minimum atomic E-state index is 0.183. The molecule has 2 rings (SSSR count). The Morgan fingerprint density at radius 1 is 1.50 bits per heavy atom.